The molecule has 0 aliphatic heterocycles. The number of nitrogens with two attached hydrogens (primary N) is 2. The molecule has 0 aliphatic carbocycles. The Bertz CT molecular complexity index is 1970. The quantitative estimate of drug-likeness (QED) is 0.0560. The van der Waals surface area contributed by atoms with Crippen molar-refractivity contribution in [3.8, 4) is 0 Å². The van der Waals surface area contributed by atoms with Crippen LogP contribution in [0.4, 0.5) is 0 Å². The minimum atomic E-state index is -1.39. The SMILES string of the molecule is Cc1cc(Br)cc(COC(OC(=O)C(=O)OC(OCc2cc(C)cc(Br)c2)C(N)C(c2ccccc2)c2ccccc2)C(N)C(c2ccccc2)c2ccccc2)c1. The van der Waals surface area contributed by atoms with Crippen LogP contribution in [-0.4, -0.2) is 36.6 Å². The van der Waals surface area contributed by atoms with Crippen molar-refractivity contribution in [2.75, 3.05) is 0 Å². The number of benzene rings is 6. The van der Waals surface area contributed by atoms with Crippen molar-refractivity contribution in [3.05, 3.63) is 211 Å². The van der Waals surface area contributed by atoms with Crippen LogP contribution in [0.2, 0.25) is 0 Å². The number of rotatable bonds is 16. The maximum atomic E-state index is 14.0. The maximum absolute atomic E-state index is 14.0. The Morgan fingerprint density at radius 2 is 0.776 bits per heavy atom. The summed E-state index contributed by atoms with van der Waals surface area (Å²) in [6, 6.07) is 48.4. The lowest BCUT2D eigenvalue weighted by Crippen LogP contribution is -2.48. The van der Waals surface area contributed by atoms with Gasteiger partial charge in [0.2, 0.25) is 12.6 Å². The minimum absolute atomic E-state index is 0.0375. The predicted octanol–water partition coefficient (Wildman–Crippen LogP) is 9.62. The van der Waals surface area contributed by atoms with Crippen LogP contribution in [-0.2, 0) is 41.8 Å². The fourth-order valence-corrected chi connectivity index (χ4v) is 8.44. The molecule has 6 rings (SSSR count). The zero-order valence-corrected chi connectivity index (χ0v) is 35.4. The third kappa shape index (κ3) is 11.6. The molecule has 0 heterocycles. The van der Waals surface area contributed by atoms with Crippen LogP contribution in [0, 0.1) is 13.8 Å². The maximum Gasteiger partial charge on any atom is 0.419 e. The molecule has 0 bridgehead atoms. The van der Waals surface area contributed by atoms with Crippen LogP contribution in [0.25, 0.3) is 0 Å². The topological polar surface area (TPSA) is 123 Å². The zero-order valence-electron chi connectivity index (χ0n) is 32.2. The van der Waals surface area contributed by atoms with E-state index in [-0.39, 0.29) is 13.2 Å². The van der Waals surface area contributed by atoms with E-state index in [1.165, 1.54) is 0 Å². The average molecular weight is 907 g/mol. The van der Waals surface area contributed by atoms with Gasteiger partial charge in [-0.15, -0.1) is 0 Å². The largest absolute Gasteiger partial charge is 0.426 e. The highest BCUT2D eigenvalue weighted by atomic mass is 79.9. The zero-order chi connectivity index (χ0) is 41.0. The molecule has 0 saturated carbocycles. The third-order valence-corrected chi connectivity index (χ3v) is 10.6. The van der Waals surface area contributed by atoms with E-state index in [1.807, 2.05) is 172 Å². The Morgan fingerprint density at radius 1 is 0.483 bits per heavy atom. The van der Waals surface area contributed by atoms with Crippen LogP contribution in [0.1, 0.15) is 56.3 Å². The van der Waals surface area contributed by atoms with Gasteiger partial charge in [0.15, 0.2) is 0 Å². The molecule has 6 aromatic carbocycles. The van der Waals surface area contributed by atoms with Crippen LogP contribution in [0.5, 0.6) is 0 Å². The molecule has 4 N–H and O–H groups in total. The van der Waals surface area contributed by atoms with Gasteiger partial charge in [0.05, 0.1) is 25.3 Å². The molecule has 0 fully saturated rings. The molecular weight excluding hydrogens is 860 g/mol. The third-order valence-electron chi connectivity index (χ3n) is 9.68. The van der Waals surface area contributed by atoms with Gasteiger partial charge < -0.3 is 30.4 Å². The number of aryl methyl sites for hydroxylation is 2. The van der Waals surface area contributed by atoms with Crippen molar-refractivity contribution in [2.45, 2.75) is 63.6 Å². The summed E-state index contributed by atoms with van der Waals surface area (Å²) in [5.41, 5.74) is 21.2. The molecule has 10 heteroatoms. The van der Waals surface area contributed by atoms with E-state index in [0.29, 0.717) is 0 Å². The predicted molar refractivity (Wildman–Crippen MR) is 233 cm³/mol. The van der Waals surface area contributed by atoms with Crippen LogP contribution in [0.3, 0.4) is 0 Å². The van der Waals surface area contributed by atoms with Gasteiger partial charge in [-0.1, -0.05) is 165 Å². The Balaban J connectivity index is 1.30. The molecule has 0 aliphatic rings. The van der Waals surface area contributed by atoms with Crippen molar-refractivity contribution >= 4 is 43.8 Å². The molecule has 0 radical (unpaired) electrons. The number of hydrogen-bond acceptors (Lipinski definition) is 8. The molecule has 0 saturated heterocycles. The van der Waals surface area contributed by atoms with E-state index < -0.39 is 48.4 Å². The Kier molecular flexibility index (Phi) is 15.2. The molecule has 4 unspecified atom stereocenters. The second kappa shape index (κ2) is 20.7. The summed E-state index contributed by atoms with van der Waals surface area (Å²) in [4.78, 5) is 27.9. The van der Waals surface area contributed by atoms with Crippen LogP contribution >= 0.6 is 31.9 Å². The second-order valence-corrected chi connectivity index (χ2v) is 16.0. The lowest BCUT2D eigenvalue weighted by Gasteiger charge is -2.32. The highest BCUT2D eigenvalue weighted by Crippen LogP contribution is 2.32. The summed E-state index contributed by atoms with van der Waals surface area (Å²) < 4.78 is 26.2. The lowest BCUT2D eigenvalue weighted by atomic mass is 9.85. The van der Waals surface area contributed by atoms with Gasteiger partial charge in [-0.3, -0.25) is 0 Å². The summed E-state index contributed by atoms with van der Waals surface area (Å²) in [6.07, 6.45) is -2.77. The molecule has 4 atom stereocenters. The highest BCUT2D eigenvalue weighted by molar-refractivity contribution is 9.10. The number of carbonyl (C=O) groups excluding carboxylic acids is 2. The molecule has 0 aromatic heterocycles. The number of esters is 2. The van der Waals surface area contributed by atoms with E-state index in [0.717, 1.165) is 53.5 Å². The van der Waals surface area contributed by atoms with Gasteiger partial charge in [-0.25, -0.2) is 9.59 Å². The first-order valence-corrected chi connectivity index (χ1v) is 20.5. The molecule has 58 heavy (non-hydrogen) atoms. The Morgan fingerprint density at radius 3 is 1.05 bits per heavy atom. The summed E-state index contributed by atoms with van der Waals surface area (Å²) in [5, 5.41) is 0. The van der Waals surface area contributed by atoms with Crippen molar-refractivity contribution < 1.29 is 28.5 Å². The molecule has 298 valence electrons. The van der Waals surface area contributed by atoms with Crippen molar-refractivity contribution in [3.63, 3.8) is 0 Å². The summed E-state index contributed by atoms with van der Waals surface area (Å²) in [5.74, 6) is -3.56. The summed E-state index contributed by atoms with van der Waals surface area (Å²) in [7, 11) is 0. The smallest absolute Gasteiger partial charge is 0.419 e. The average Bonchev–Trinajstić information content (AvgIpc) is 3.22. The number of carbonyl (C=O) groups is 2. The van der Waals surface area contributed by atoms with Gasteiger partial charge in [-0.2, -0.15) is 0 Å². The van der Waals surface area contributed by atoms with Crippen LogP contribution in [0.15, 0.2) is 167 Å². The van der Waals surface area contributed by atoms with E-state index in [2.05, 4.69) is 31.9 Å². The molecular formula is C48H46Br2N2O6. The van der Waals surface area contributed by atoms with Crippen molar-refractivity contribution in [1.82, 2.24) is 0 Å². The van der Waals surface area contributed by atoms with E-state index in [9.17, 15) is 9.59 Å². The van der Waals surface area contributed by atoms with E-state index in [1.54, 1.807) is 0 Å². The summed E-state index contributed by atoms with van der Waals surface area (Å²) in [6.45, 7) is 4.01. The fraction of sp³-hybridized carbons (Fsp3) is 0.208. The fourth-order valence-electron chi connectivity index (χ4n) is 7.13. The van der Waals surface area contributed by atoms with E-state index >= 15 is 0 Å². The molecule has 0 spiro atoms. The minimum Gasteiger partial charge on any atom is -0.426 e. The van der Waals surface area contributed by atoms with Gasteiger partial charge in [0.1, 0.15) is 0 Å². The van der Waals surface area contributed by atoms with Gasteiger partial charge in [-0.05, 0) is 82.6 Å². The summed E-state index contributed by atoms with van der Waals surface area (Å²) >= 11 is 7.10. The Labute approximate surface area is 356 Å². The van der Waals surface area contributed by atoms with Crippen molar-refractivity contribution in [2.24, 2.45) is 11.5 Å². The van der Waals surface area contributed by atoms with E-state index in [4.69, 9.17) is 30.4 Å². The highest BCUT2D eigenvalue weighted by Gasteiger charge is 2.38. The molecule has 0 amide bonds. The van der Waals surface area contributed by atoms with Gasteiger partial charge in [0.25, 0.3) is 0 Å². The van der Waals surface area contributed by atoms with Crippen molar-refractivity contribution in [1.29, 1.82) is 0 Å². The number of ether oxygens (including phenoxy) is 4. The molecule has 8 nitrogen and oxygen atoms in total. The number of hydrogen-bond donors (Lipinski definition) is 2. The van der Waals surface area contributed by atoms with Gasteiger partial charge in [0, 0.05) is 20.8 Å². The number of halogens is 2. The first-order valence-electron chi connectivity index (χ1n) is 18.9. The lowest BCUT2D eigenvalue weighted by molar-refractivity contribution is -0.211. The second-order valence-electron chi connectivity index (χ2n) is 14.2. The first-order chi connectivity index (χ1) is 28.0. The van der Waals surface area contributed by atoms with Crippen LogP contribution < -0.4 is 11.5 Å². The molecule has 6 aromatic rings. The normalized spacial score (nSPS) is 13.4. The standard InChI is InChI=1S/C48H46Br2N2O6/c1-31-23-33(27-39(49)25-31)29-55-47(43(51)41(35-15-7-3-8-16-35)36-17-9-4-10-18-36)57-45(53)46(54)58-48(56-30-34-24-32(2)26-40(50)28-34)44(52)42(37-19-11-5-12-20-37)38-21-13-6-14-22-38/h3-28,41-44,47-48H,29-30,51-52H2,1-2H3. The van der Waals surface area contributed by atoms with Gasteiger partial charge >= 0.3 is 11.9 Å². The monoisotopic (exact) mass is 904 g/mol. The Hall–Kier alpha value is -4.94. The first kappa shape index (κ1) is 42.7.